The fraction of sp³-hybridized carbons (Fsp3) is 0.533. The Balaban J connectivity index is 1.74. The fourth-order valence-corrected chi connectivity index (χ4v) is 2.40. The van der Waals surface area contributed by atoms with Crippen molar-refractivity contribution >= 4 is 5.91 Å². The number of carbonyl (C=O) groups is 1. The number of benzene rings is 1. The lowest BCUT2D eigenvalue weighted by Gasteiger charge is -2.26. The molecule has 1 amide bonds. The smallest absolute Gasteiger partial charge is 0.258 e. The molecule has 1 saturated carbocycles. The molecule has 0 aromatic heterocycles. The Bertz CT molecular complexity index is 425. The molecule has 19 heavy (non-hydrogen) atoms. The van der Waals surface area contributed by atoms with E-state index in [0.717, 1.165) is 18.8 Å². The van der Waals surface area contributed by atoms with Crippen LogP contribution in [-0.2, 0) is 4.79 Å². The van der Waals surface area contributed by atoms with Gasteiger partial charge in [0.1, 0.15) is 0 Å². The van der Waals surface area contributed by atoms with Gasteiger partial charge in [0.15, 0.2) is 18.1 Å². The van der Waals surface area contributed by atoms with Crippen LogP contribution in [0, 0.1) is 5.92 Å². The molecule has 0 spiro atoms. The first-order valence-electron chi connectivity index (χ1n) is 6.85. The molecule has 0 unspecified atom stereocenters. The number of aromatic hydroxyl groups is 1. The second-order valence-electron chi connectivity index (χ2n) is 5.28. The quantitative estimate of drug-likeness (QED) is 0.877. The Labute approximate surface area is 113 Å². The molecular formula is C15H21NO3. The van der Waals surface area contributed by atoms with Crippen molar-refractivity contribution in [3.8, 4) is 11.5 Å². The minimum Gasteiger partial charge on any atom is -0.504 e. The maximum atomic E-state index is 11.8. The molecule has 0 aliphatic heterocycles. The van der Waals surface area contributed by atoms with Gasteiger partial charge in [0, 0.05) is 6.04 Å². The normalized spacial score (nSPS) is 22.8. The minimum atomic E-state index is -0.122. The fourth-order valence-electron chi connectivity index (χ4n) is 2.40. The number of phenols is 1. The van der Waals surface area contributed by atoms with Gasteiger partial charge in [0.2, 0.25) is 0 Å². The van der Waals surface area contributed by atoms with Gasteiger partial charge in [0.25, 0.3) is 5.91 Å². The molecule has 1 aliphatic carbocycles. The Morgan fingerprint density at radius 1 is 1.32 bits per heavy atom. The van der Waals surface area contributed by atoms with Crippen molar-refractivity contribution in [2.75, 3.05) is 6.61 Å². The molecule has 2 N–H and O–H groups in total. The highest BCUT2D eigenvalue weighted by atomic mass is 16.5. The largest absolute Gasteiger partial charge is 0.504 e. The minimum absolute atomic E-state index is 0.0520. The van der Waals surface area contributed by atoms with Crippen LogP contribution >= 0.6 is 0 Å². The van der Waals surface area contributed by atoms with Crippen LogP contribution in [0.25, 0.3) is 0 Å². The van der Waals surface area contributed by atoms with Gasteiger partial charge >= 0.3 is 0 Å². The molecule has 0 heterocycles. The third-order valence-corrected chi connectivity index (χ3v) is 3.60. The topological polar surface area (TPSA) is 58.6 Å². The van der Waals surface area contributed by atoms with E-state index in [9.17, 15) is 9.90 Å². The van der Waals surface area contributed by atoms with Crippen LogP contribution in [-0.4, -0.2) is 23.7 Å². The third-order valence-electron chi connectivity index (χ3n) is 3.60. The standard InChI is InChI=1S/C15H21NO3/c1-11-6-8-12(9-7-11)16-15(18)10-19-14-5-3-2-4-13(14)17/h2-5,11-12,17H,6-10H2,1H3,(H,16,18). The van der Waals surface area contributed by atoms with E-state index in [4.69, 9.17) is 4.74 Å². The summed E-state index contributed by atoms with van der Waals surface area (Å²) in [6.45, 7) is 2.20. The van der Waals surface area contributed by atoms with Crippen LogP contribution in [0.5, 0.6) is 11.5 Å². The molecule has 0 atom stereocenters. The van der Waals surface area contributed by atoms with Crippen LogP contribution < -0.4 is 10.1 Å². The van der Waals surface area contributed by atoms with Crippen LogP contribution in [0.1, 0.15) is 32.6 Å². The molecule has 0 radical (unpaired) electrons. The lowest BCUT2D eigenvalue weighted by atomic mass is 9.87. The number of phenolic OH excluding ortho intramolecular Hbond substituents is 1. The monoisotopic (exact) mass is 263 g/mol. The van der Waals surface area contributed by atoms with E-state index in [0.29, 0.717) is 5.75 Å². The third kappa shape index (κ3) is 4.16. The Morgan fingerprint density at radius 3 is 2.68 bits per heavy atom. The van der Waals surface area contributed by atoms with E-state index in [1.807, 2.05) is 0 Å². The summed E-state index contributed by atoms with van der Waals surface area (Å²) in [7, 11) is 0. The summed E-state index contributed by atoms with van der Waals surface area (Å²) >= 11 is 0. The zero-order valence-corrected chi connectivity index (χ0v) is 11.3. The lowest BCUT2D eigenvalue weighted by molar-refractivity contribution is -0.124. The summed E-state index contributed by atoms with van der Waals surface area (Å²) in [5, 5.41) is 12.5. The first-order valence-corrected chi connectivity index (χ1v) is 6.85. The Hall–Kier alpha value is -1.71. The maximum Gasteiger partial charge on any atom is 0.258 e. The second-order valence-corrected chi connectivity index (χ2v) is 5.28. The SMILES string of the molecule is CC1CCC(NC(=O)COc2ccccc2O)CC1. The molecule has 1 fully saturated rings. The molecule has 104 valence electrons. The summed E-state index contributed by atoms with van der Waals surface area (Å²) in [4.78, 5) is 11.8. The molecule has 1 aromatic rings. The van der Waals surface area contributed by atoms with E-state index < -0.39 is 0 Å². The summed E-state index contributed by atoms with van der Waals surface area (Å²) < 4.78 is 5.30. The predicted molar refractivity (Wildman–Crippen MR) is 73.2 cm³/mol. The van der Waals surface area contributed by atoms with E-state index >= 15 is 0 Å². The van der Waals surface area contributed by atoms with Crippen LogP contribution in [0.3, 0.4) is 0 Å². The predicted octanol–water partition coefficient (Wildman–Crippen LogP) is 2.47. The highest BCUT2D eigenvalue weighted by Crippen LogP contribution is 2.25. The van der Waals surface area contributed by atoms with Crippen molar-refractivity contribution in [2.24, 2.45) is 5.92 Å². The van der Waals surface area contributed by atoms with Crippen LogP contribution in [0.4, 0.5) is 0 Å². The highest BCUT2D eigenvalue weighted by Gasteiger charge is 2.19. The highest BCUT2D eigenvalue weighted by molar-refractivity contribution is 5.77. The molecular weight excluding hydrogens is 242 g/mol. The molecule has 1 aromatic carbocycles. The van der Waals surface area contributed by atoms with E-state index in [1.165, 1.54) is 18.9 Å². The summed E-state index contributed by atoms with van der Waals surface area (Å²) in [6, 6.07) is 6.93. The van der Waals surface area contributed by atoms with Crippen molar-refractivity contribution in [1.29, 1.82) is 0 Å². The van der Waals surface area contributed by atoms with Crippen LogP contribution in [0.15, 0.2) is 24.3 Å². The number of hydrogen-bond donors (Lipinski definition) is 2. The van der Waals surface area contributed by atoms with E-state index in [2.05, 4.69) is 12.2 Å². The van der Waals surface area contributed by atoms with Gasteiger partial charge in [-0.3, -0.25) is 4.79 Å². The van der Waals surface area contributed by atoms with Gasteiger partial charge < -0.3 is 15.2 Å². The molecule has 4 heteroatoms. The molecule has 0 bridgehead atoms. The van der Waals surface area contributed by atoms with Gasteiger partial charge in [-0.15, -0.1) is 0 Å². The Morgan fingerprint density at radius 2 is 2.00 bits per heavy atom. The van der Waals surface area contributed by atoms with E-state index in [1.54, 1.807) is 18.2 Å². The van der Waals surface area contributed by atoms with Gasteiger partial charge in [-0.1, -0.05) is 19.1 Å². The van der Waals surface area contributed by atoms with Gasteiger partial charge in [-0.05, 0) is 43.7 Å². The molecule has 1 aliphatic rings. The summed E-state index contributed by atoms with van der Waals surface area (Å²) in [6.07, 6.45) is 4.43. The first kappa shape index (κ1) is 13.7. The lowest BCUT2D eigenvalue weighted by Crippen LogP contribution is -2.39. The Kier molecular flexibility index (Phi) is 4.66. The zero-order chi connectivity index (χ0) is 13.7. The first-order chi connectivity index (χ1) is 9.15. The van der Waals surface area contributed by atoms with Crippen molar-refractivity contribution in [3.63, 3.8) is 0 Å². The molecule has 0 saturated heterocycles. The molecule has 4 nitrogen and oxygen atoms in total. The average Bonchev–Trinajstić information content (AvgIpc) is 2.40. The number of para-hydroxylation sites is 2. The second kappa shape index (κ2) is 6.45. The van der Waals surface area contributed by atoms with E-state index in [-0.39, 0.29) is 24.3 Å². The average molecular weight is 263 g/mol. The number of hydrogen-bond acceptors (Lipinski definition) is 3. The summed E-state index contributed by atoms with van der Waals surface area (Å²) in [5.41, 5.74) is 0. The van der Waals surface area contributed by atoms with Gasteiger partial charge in [-0.25, -0.2) is 0 Å². The number of ether oxygens (including phenoxy) is 1. The van der Waals surface area contributed by atoms with Crippen molar-refractivity contribution < 1.29 is 14.6 Å². The molecule has 2 rings (SSSR count). The van der Waals surface area contributed by atoms with Crippen molar-refractivity contribution in [3.05, 3.63) is 24.3 Å². The number of amides is 1. The summed E-state index contributed by atoms with van der Waals surface area (Å²) in [5.74, 6) is 1.05. The van der Waals surface area contributed by atoms with Gasteiger partial charge in [-0.2, -0.15) is 0 Å². The maximum absolute atomic E-state index is 11.8. The number of nitrogens with one attached hydrogen (secondary N) is 1. The van der Waals surface area contributed by atoms with Crippen LogP contribution in [0.2, 0.25) is 0 Å². The van der Waals surface area contributed by atoms with Crippen molar-refractivity contribution in [1.82, 2.24) is 5.32 Å². The zero-order valence-electron chi connectivity index (χ0n) is 11.3. The van der Waals surface area contributed by atoms with Gasteiger partial charge in [0.05, 0.1) is 0 Å². The number of carbonyl (C=O) groups excluding carboxylic acids is 1. The number of rotatable bonds is 4. The van der Waals surface area contributed by atoms with Crippen molar-refractivity contribution in [2.45, 2.75) is 38.6 Å².